The summed E-state index contributed by atoms with van der Waals surface area (Å²) in [6.07, 6.45) is 0. The molecule has 0 atom stereocenters. The molecule has 1 aliphatic heterocycles. The number of fused-ring (bicyclic) bond motifs is 1. The molecule has 3 aromatic rings. The van der Waals surface area contributed by atoms with E-state index in [-0.39, 0.29) is 11.8 Å². The third-order valence-electron chi connectivity index (χ3n) is 5.34. The highest BCUT2D eigenvalue weighted by molar-refractivity contribution is 6.01. The summed E-state index contributed by atoms with van der Waals surface area (Å²) < 4.78 is 5.21. The monoisotopic (exact) mass is 392 g/mol. The fourth-order valence-electron chi connectivity index (χ4n) is 3.66. The molecule has 4 rings (SSSR count). The van der Waals surface area contributed by atoms with Gasteiger partial charge in [0.1, 0.15) is 11.4 Å². The lowest BCUT2D eigenvalue weighted by Gasteiger charge is -2.36. The number of methoxy groups -OCH3 is 1. The van der Waals surface area contributed by atoms with Crippen LogP contribution in [0.4, 0.5) is 5.69 Å². The Hall–Kier alpha value is -3.48. The minimum Gasteiger partial charge on any atom is -0.497 e. The standard InChI is InChI=1S/C22H24N4O3/c1-23-21(27)15-3-8-19-16(13-15)14-20(24-19)22(28)26-11-9-25(10-12-26)17-4-6-18(29-2)7-5-17/h3-8,13-14,24H,9-12H2,1-2H3,(H,23,27). The van der Waals surface area contributed by atoms with Gasteiger partial charge in [0.05, 0.1) is 7.11 Å². The quantitative estimate of drug-likeness (QED) is 0.715. The fraction of sp³-hybridized carbons (Fsp3) is 0.273. The van der Waals surface area contributed by atoms with Crippen molar-refractivity contribution < 1.29 is 14.3 Å². The van der Waals surface area contributed by atoms with Gasteiger partial charge in [0, 0.05) is 55.4 Å². The van der Waals surface area contributed by atoms with E-state index in [2.05, 4.69) is 15.2 Å². The smallest absolute Gasteiger partial charge is 0.270 e. The van der Waals surface area contributed by atoms with Gasteiger partial charge in [-0.15, -0.1) is 0 Å². The number of aromatic amines is 1. The number of H-pyrrole nitrogens is 1. The third kappa shape index (κ3) is 3.76. The van der Waals surface area contributed by atoms with Gasteiger partial charge in [-0.25, -0.2) is 0 Å². The second-order valence-corrected chi connectivity index (χ2v) is 7.04. The zero-order valence-electron chi connectivity index (χ0n) is 16.6. The zero-order chi connectivity index (χ0) is 20.4. The molecule has 2 aromatic carbocycles. The summed E-state index contributed by atoms with van der Waals surface area (Å²) in [5.41, 5.74) is 3.10. The first-order valence-electron chi connectivity index (χ1n) is 9.62. The molecule has 0 saturated carbocycles. The van der Waals surface area contributed by atoms with Gasteiger partial charge in [-0.1, -0.05) is 0 Å². The molecule has 1 fully saturated rings. The van der Waals surface area contributed by atoms with Crippen molar-refractivity contribution in [3.05, 3.63) is 59.8 Å². The maximum absolute atomic E-state index is 13.0. The van der Waals surface area contributed by atoms with Crippen LogP contribution in [0, 0.1) is 0 Å². The van der Waals surface area contributed by atoms with Crippen molar-refractivity contribution in [1.29, 1.82) is 0 Å². The Morgan fingerprint density at radius 2 is 1.72 bits per heavy atom. The molecule has 7 heteroatoms. The topological polar surface area (TPSA) is 77.7 Å². The average molecular weight is 392 g/mol. The number of nitrogens with zero attached hydrogens (tertiary/aromatic N) is 2. The van der Waals surface area contributed by atoms with E-state index in [4.69, 9.17) is 4.74 Å². The number of piperazine rings is 1. The number of hydrogen-bond donors (Lipinski definition) is 2. The van der Waals surface area contributed by atoms with Gasteiger partial charge in [0.15, 0.2) is 0 Å². The van der Waals surface area contributed by atoms with Crippen molar-refractivity contribution in [2.75, 3.05) is 45.2 Å². The number of amides is 2. The molecule has 0 aliphatic carbocycles. The Kier molecular flexibility index (Phi) is 5.12. The number of nitrogens with one attached hydrogen (secondary N) is 2. The molecule has 0 bridgehead atoms. The van der Waals surface area contributed by atoms with E-state index >= 15 is 0 Å². The van der Waals surface area contributed by atoms with Gasteiger partial charge in [0.2, 0.25) is 0 Å². The lowest BCUT2D eigenvalue weighted by Crippen LogP contribution is -2.48. The van der Waals surface area contributed by atoms with Crippen LogP contribution in [0.5, 0.6) is 5.75 Å². The van der Waals surface area contributed by atoms with Crippen LogP contribution in [0.25, 0.3) is 10.9 Å². The highest BCUT2D eigenvalue weighted by Gasteiger charge is 2.23. The summed E-state index contributed by atoms with van der Waals surface area (Å²) in [6.45, 7) is 2.87. The Labute approximate surface area is 169 Å². The van der Waals surface area contributed by atoms with Crippen LogP contribution in [0.1, 0.15) is 20.8 Å². The van der Waals surface area contributed by atoms with Crippen LogP contribution < -0.4 is 15.0 Å². The van der Waals surface area contributed by atoms with Crippen LogP contribution in [-0.2, 0) is 0 Å². The third-order valence-corrected chi connectivity index (χ3v) is 5.34. The molecule has 1 aromatic heterocycles. The van der Waals surface area contributed by atoms with Crippen molar-refractivity contribution >= 4 is 28.4 Å². The SMILES string of the molecule is CNC(=O)c1ccc2[nH]c(C(=O)N3CCN(c4ccc(OC)cc4)CC3)cc2c1. The van der Waals surface area contributed by atoms with Crippen LogP contribution >= 0.6 is 0 Å². The van der Waals surface area contributed by atoms with Crippen LogP contribution in [0.2, 0.25) is 0 Å². The minimum absolute atomic E-state index is 0.0166. The van der Waals surface area contributed by atoms with E-state index in [0.717, 1.165) is 35.4 Å². The highest BCUT2D eigenvalue weighted by atomic mass is 16.5. The van der Waals surface area contributed by atoms with Gasteiger partial charge >= 0.3 is 0 Å². The van der Waals surface area contributed by atoms with E-state index in [1.165, 1.54) is 0 Å². The summed E-state index contributed by atoms with van der Waals surface area (Å²) in [6, 6.07) is 15.2. The van der Waals surface area contributed by atoms with E-state index in [0.29, 0.717) is 24.3 Å². The lowest BCUT2D eigenvalue weighted by molar-refractivity contribution is 0.0741. The number of hydrogen-bond acceptors (Lipinski definition) is 4. The molecule has 1 aliphatic rings. The van der Waals surface area contributed by atoms with Crippen LogP contribution in [-0.4, -0.2) is 62.0 Å². The number of aromatic nitrogens is 1. The van der Waals surface area contributed by atoms with E-state index in [9.17, 15) is 9.59 Å². The average Bonchev–Trinajstić information content (AvgIpc) is 3.21. The lowest BCUT2D eigenvalue weighted by atomic mass is 10.1. The molecule has 2 heterocycles. The van der Waals surface area contributed by atoms with Crippen molar-refractivity contribution in [2.24, 2.45) is 0 Å². The largest absolute Gasteiger partial charge is 0.497 e. The Bertz CT molecular complexity index is 1030. The number of carbonyl (C=O) groups is 2. The molecule has 0 radical (unpaired) electrons. The van der Waals surface area contributed by atoms with Crippen molar-refractivity contribution in [2.45, 2.75) is 0 Å². The second-order valence-electron chi connectivity index (χ2n) is 7.04. The summed E-state index contributed by atoms with van der Waals surface area (Å²) in [5.74, 6) is 0.675. The molecule has 2 amide bonds. The number of rotatable bonds is 4. The van der Waals surface area contributed by atoms with Gasteiger partial charge < -0.3 is 24.8 Å². The first-order chi connectivity index (χ1) is 14.1. The maximum atomic E-state index is 13.0. The Morgan fingerprint density at radius 3 is 2.38 bits per heavy atom. The van der Waals surface area contributed by atoms with Gasteiger partial charge in [0.25, 0.3) is 11.8 Å². The number of carbonyl (C=O) groups excluding carboxylic acids is 2. The molecule has 7 nitrogen and oxygen atoms in total. The van der Waals surface area contributed by atoms with Crippen molar-refractivity contribution in [1.82, 2.24) is 15.2 Å². The van der Waals surface area contributed by atoms with E-state index in [1.807, 2.05) is 41.3 Å². The molecule has 0 spiro atoms. The fourth-order valence-corrected chi connectivity index (χ4v) is 3.66. The van der Waals surface area contributed by atoms with Crippen molar-refractivity contribution in [3.8, 4) is 5.75 Å². The Balaban J connectivity index is 1.44. The summed E-state index contributed by atoms with van der Waals surface area (Å²) in [5, 5.41) is 3.47. The number of ether oxygens (including phenoxy) is 1. The normalized spacial score (nSPS) is 14.1. The molecular weight excluding hydrogens is 368 g/mol. The predicted molar refractivity (Wildman–Crippen MR) is 113 cm³/mol. The predicted octanol–water partition coefficient (Wildman–Crippen LogP) is 2.50. The van der Waals surface area contributed by atoms with Crippen LogP contribution in [0.15, 0.2) is 48.5 Å². The first-order valence-corrected chi connectivity index (χ1v) is 9.62. The Morgan fingerprint density at radius 1 is 1.00 bits per heavy atom. The van der Waals surface area contributed by atoms with E-state index in [1.54, 1.807) is 26.3 Å². The number of anilines is 1. The van der Waals surface area contributed by atoms with E-state index < -0.39 is 0 Å². The maximum Gasteiger partial charge on any atom is 0.270 e. The summed E-state index contributed by atoms with van der Waals surface area (Å²) in [4.78, 5) is 32.1. The van der Waals surface area contributed by atoms with Gasteiger partial charge in [-0.3, -0.25) is 9.59 Å². The molecule has 1 saturated heterocycles. The number of benzene rings is 2. The molecule has 0 unspecified atom stereocenters. The minimum atomic E-state index is -0.143. The molecule has 29 heavy (non-hydrogen) atoms. The first kappa shape index (κ1) is 18.9. The van der Waals surface area contributed by atoms with Crippen LogP contribution in [0.3, 0.4) is 0 Å². The van der Waals surface area contributed by atoms with Crippen molar-refractivity contribution in [3.63, 3.8) is 0 Å². The summed E-state index contributed by atoms with van der Waals surface area (Å²) in [7, 11) is 3.26. The van der Waals surface area contributed by atoms with Gasteiger partial charge in [-0.2, -0.15) is 0 Å². The molecule has 150 valence electrons. The molecule has 2 N–H and O–H groups in total. The zero-order valence-corrected chi connectivity index (χ0v) is 16.6. The molecular formula is C22H24N4O3. The van der Waals surface area contributed by atoms with Gasteiger partial charge in [-0.05, 0) is 48.5 Å². The summed E-state index contributed by atoms with van der Waals surface area (Å²) >= 11 is 0. The highest BCUT2D eigenvalue weighted by Crippen LogP contribution is 2.22. The second kappa shape index (κ2) is 7.87.